The Morgan fingerprint density at radius 3 is 2.00 bits per heavy atom. The molecule has 2 unspecified atom stereocenters. The lowest BCUT2D eigenvalue weighted by atomic mass is 10.2. The van der Waals surface area contributed by atoms with Gasteiger partial charge in [-0.15, -0.1) is 0 Å². The number of hydrogen-bond donors (Lipinski definition) is 5. The molecule has 8 nitrogen and oxygen atoms in total. The highest BCUT2D eigenvalue weighted by Gasteiger charge is 2.26. The van der Waals surface area contributed by atoms with Crippen LogP contribution < -0.4 is 5.32 Å². The maximum atomic E-state index is 11.6. The average molecular weight is 250 g/mol. The number of rotatable bonds is 7. The lowest BCUT2D eigenvalue weighted by Gasteiger charge is -2.24. The van der Waals surface area contributed by atoms with Crippen LogP contribution in [0.5, 0.6) is 0 Å². The fraction of sp³-hybridized carbons (Fsp3) is 0.778. The summed E-state index contributed by atoms with van der Waals surface area (Å²) in [6.45, 7) is 0.568. The second kappa shape index (κ2) is 7.82. The number of nitrogens with one attached hydrogen (secondary N) is 1. The van der Waals surface area contributed by atoms with Crippen LogP contribution in [0.1, 0.15) is 6.92 Å². The second-order valence-electron chi connectivity index (χ2n) is 3.44. The number of carboxylic acids is 1. The Hall–Kier alpha value is -1.38. The van der Waals surface area contributed by atoms with E-state index in [1.165, 1.54) is 6.92 Å². The van der Waals surface area contributed by atoms with Crippen LogP contribution in [0.15, 0.2) is 0 Å². The predicted octanol–water partition coefficient (Wildman–Crippen LogP) is -2.18. The third-order valence-corrected chi connectivity index (χ3v) is 2.05. The quantitative estimate of drug-likeness (QED) is 0.349. The Labute approximate surface area is 98.5 Å². The van der Waals surface area contributed by atoms with E-state index in [0.29, 0.717) is 0 Å². The van der Waals surface area contributed by atoms with E-state index in [1.54, 1.807) is 0 Å². The van der Waals surface area contributed by atoms with Crippen molar-refractivity contribution in [2.45, 2.75) is 19.1 Å². The fourth-order valence-electron chi connectivity index (χ4n) is 1.17. The summed E-state index contributed by atoms with van der Waals surface area (Å²) >= 11 is 0. The van der Waals surface area contributed by atoms with Crippen molar-refractivity contribution in [3.63, 3.8) is 0 Å². The molecule has 0 spiro atoms. The predicted molar refractivity (Wildman–Crippen MR) is 57.4 cm³/mol. The van der Waals surface area contributed by atoms with Gasteiger partial charge in [-0.3, -0.25) is 0 Å². The van der Waals surface area contributed by atoms with Crippen molar-refractivity contribution in [3.8, 4) is 0 Å². The Kier molecular flexibility index (Phi) is 7.19. The molecule has 0 heterocycles. The Bertz CT molecular complexity index is 252. The molecule has 2 amide bonds. The SMILES string of the molecule is CC(O)C(NC(=O)N(CCO)CCO)C(=O)O. The summed E-state index contributed by atoms with van der Waals surface area (Å²) in [4.78, 5) is 23.3. The minimum atomic E-state index is -1.43. The molecule has 0 aliphatic heterocycles. The van der Waals surface area contributed by atoms with E-state index in [1.807, 2.05) is 0 Å². The number of aliphatic carboxylic acids is 1. The van der Waals surface area contributed by atoms with E-state index in [9.17, 15) is 9.59 Å². The molecule has 0 saturated carbocycles. The summed E-state index contributed by atoms with van der Waals surface area (Å²) in [7, 11) is 0. The molecule has 0 aromatic rings. The molecule has 0 aromatic heterocycles. The third-order valence-electron chi connectivity index (χ3n) is 2.05. The van der Waals surface area contributed by atoms with Crippen LogP contribution in [0.2, 0.25) is 0 Å². The van der Waals surface area contributed by atoms with E-state index in [2.05, 4.69) is 5.32 Å². The highest BCUT2D eigenvalue weighted by Crippen LogP contribution is 1.96. The molecule has 0 aliphatic rings. The first-order chi connectivity index (χ1) is 7.93. The number of aliphatic hydroxyl groups is 3. The van der Waals surface area contributed by atoms with Crippen LogP contribution >= 0.6 is 0 Å². The molecule has 0 bridgehead atoms. The van der Waals surface area contributed by atoms with Gasteiger partial charge in [0.25, 0.3) is 0 Å². The van der Waals surface area contributed by atoms with Crippen LogP contribution in [-0.4, -0.2) is 75.8 Å². The van der Waals surface area contributed by atoms with E-state index in [4.69, 9.17) is 20.4 Å². The van der Waals surface area contributed by atoms with Gasteiger partial charge in [-0.05, 0) is 6.92 Å². The maximum Gasteiger partial charge on any atom is 0.328 e. The van der Waals surface area contributed by atoms with Gasteiger partial charge in [-0.2, -0.15) is 0 Å². The van der Waals surface area contributed by atoms with Crippen LogP contribution in [0, 0.1) is 0 Å². The molecule has 2 atom stereocenters. The van der Waals surface area contributed by atoms with Crippen molar-refractivity contribution >= 4 is 12.0 Å². The molecular formula is C9H18N2O6. The summed E-state index contributed by atoms with van der Waals surface area (Å²) in [5.41, 5.74) is 0. The topological polar surface area (TPSA) is 130 Å². The first kappa shape index (κ1) is 15.6. The molecular weight excluding hydrogens is 232 g/mol. The zero-order valence-corrected chi connectivity index (χ0v) is 9.54. The van der Waals surface area contributed by atoms with Gasteiger partial charge < -0.3 is 30.6 Å². The number of carbonyl (C=O) groups excluding carboxylic acids is 1. The third kappa shape index (κ3) is 5.48. The zero-order valence-electron chi connectivity index (χ0n) is 9.54. The van der Waals surface area contributed by atoms with Crippen LogP contribution in [-0.2, 0) is 4.79 Å². The molecule has 0 radical (unpaired) electrons. The second-order valence-corrected chi connectivity index (χ2v) is 3.44. The van der Waals surface area contributed by atoms with Crippen molar-refractivity contribution < 1.29 is 30.0 Å². The van der Waals surface area contributed by atoms with Crippen molar-refractivity contribution in [3.05, 3.63) is 0 Å². The van der Waals surface area contributed by atoms with E-state index in [-0.39, 0.29) is 26.3 Å². The van der Waals surface area contributed by atoms with Gasteiger partial charge in [0.2, 0.25) is 0 Å². The Balaban J connectivity index is 4.50. The maximum absolute atomic E-state index is 11.6. The molecule has 5 N–H and O–H groups in total. The van der Waals surface area contributed by atoms with Crippen LogP contribution in [0.3, 0.4) is 0 Å². The van der Waals surface area contributed by atoms with Gasteiger partial charge in [-0.25, -0.2) is 9.59 Å². The van der Waals surface area contributed by atoms with Gasteiger partial charge >= 0.3 is 12.0 Å². The Morgan fingerprint density at radius 1 is 1.24 bits per heavy atom. The number of aliphatic hydroxyl groups excluding tert-OH is 3. The van der Waals surface area contributed by atoms with Crippen molar-refractivity contribution in [2.24, 2.45) is 0 Å². The number of amides is 2. The van der Waals surface area contributed by atoms with Gasteiger partial charge in [0.15, 0.2) is 6.04 Å². The molecule has 0 aromatic carbocycles. The minimum absolute atomic E-state index is 0.0292. The fourth-order valence-corrected chi connectivity index (χ4v) is 1.17. The first-order valence-corrected chi connectivity index (χ1v) is 5.12. The Morgan fingerprint density at radius 2 is 1.71 bits per heavy atom. The molecule has 8 heteroatoms. The van der Waals surface area contributed by atoms with Gasteiger partial charge in [0, 0.05) is 13.1 Å². The van der Waals surface area contributed by atoms with Crippen LogP contribution in [0.25, 0.3) is 0 Å². The van der Waals surface area contributed by atoms with E-state index < -0.39 is 24.1 Å². The molecule has 0 saturated heterocycles. The molecule has 0 aliphatic carbocycles. The minimum Gasteiger partial charge on any atom is -0.480 e. The van der Waals surface area contributed by atoms with E-state index in [0.717, 1.165) is 4.90 Å². The lowest BCUT2D eigenvalue weighted by Crippen LogP contribution is -2.53. The number of carbonyl (C=O) groups is 2. The number of nitrogens with zero attached hydrogens (tertiary/aromatic N) is 1. The van der Waals surface area contributed by atoms with Gasteiger partial charge in [0.05, 0.1) is 19.3 Å². The van der Waals surface area contributed by atoms with E-state index >= 15 is 0 Å². The van der Waals surface area contributed by atoms with Gasteiger partial charge in [-0.1, -0.05) is 0 Å². The largest absolute Gasteiger partial charge is 0.480 e. The summed E-state index contributed by atoms with van der Waals surface area (Å²) in [5, 5.41) is 37.4. The zero-order chi connectivity index (χ0) is 13.4. The number of hydrogen-bond acceptors (Lipinski definition) is 5. The van der Waals surface area contributed by atoms with Crippen LogP contribution in [0.4, 0.5) is 4.79 Å². The average Bonchev–Trinajstić information content (AvgIpc) is 2.24. The smallest absolute Gasteiger partial charge is 0.328 e. The summed E-state index contributed by atoms with van der Waals surface area (Å²) in [6.07, 6.45) is -1.25. The summed E-state index contributed by atoms with van der Waals surface area (Å²) < 4.78 is 0. The normalized spacial score (nSPS) is 13.9. The summed E-state index contributed by atoms with van der Waals surface area (Å²) in [5.74, 6) is -1.36. The van der Waals surface area contributed by atoms with Crippen molar-refractivity contribution in [1.82, 2.24) is 10.2 Å². The first-order valence-electron chi connectivity index (χ1n) is 5.12. The molecule has 17 heavy (non-hydrogen) atoms. The number of urea groups is 1. The molecule has 0 fully saturated rings. The lowest BCUT2D eigenvalue weighted by molar-refractivity contribution is -0.141. The highest BCUT2D eigenvalue weighted by molar-refractivity contribution is 5.83. The number of carboxylic acid groups (broad SMARTS) is 1. The van der Waals surface area contributed by atoms with Crippen molar-refractivity contribution in [2.75, 3.05) is 26.3 Å². The monoisotopic (exact) mass is 250 g/mol. The molecule has 100 valence electrons. The van der Waals surface area contributed by atoms with Crippen molar-refractivity contribution in [1.29, 1.82) is 0 Å². The summed E-state index contributed by atoms with van der Waals surface area (Å²) in [6, 6.07) is -2.19. The highest BCUT2D eigenvalue weighted by atomic mass is 16.4. The standard InChI is InChI=1S/C9H18N2O6/c1-6(14)7(8(15)16)10-9(17)11(2-4-12)3-5-13/h6-7,12-14H,2-5H2,1H3,(H,10,17)(H,15,16). The molecule has 0 rings (SSSR count). The van der Waals surface area contributed by atoms with Gasteiger partial charge in [0.1, 0.15) is 0 Å².